The summed E-state index contributed by atoms with van der Waals surface area (Å²) in [5.41, 5.74) is 12.9. The Morgan fingerprint density at radius 1 is 1.10 bits per heavy atom. The van der Waals surface area contributed by atoms with Gasteiger partial charge in [-0.2, -0.15) is 0 Å². The molecule has 1 aliphatic carbocycles. The maximum Gasteiger partial charge on any atom is 0.337 e. The highest BCUT2D eigenvalue weighted by Gasteiger charge is 2.19. The molecule has 0 bridgehead atoms. The van der Waals surface area contributed by atoms with Gasteiger partial charge in [-0.15, -0.1) is 0 Å². The number of carbonyl (C=O) groups is 1. The number of ether oxygens (including phenoxy) is 1. The molecule has 0 heterocycles. The zero-order chi connectivity index (χ0) is 15.2. The smallest absolute Gasteiger partial charge is 0.337 e. The molecule has 1 saturated carbocycles. The summed E-state index contributed by atoms with van der Waals surface area (Å²) in [6.07, 6.45) is 7.31. The number of hydrogen-bond donors (Lipinski definition) is 2. The lowest BCUT2D eigenvalue weighted by atomic mass is 9.78. The summed E-state index contributed by atoms with van der Waals surface area (Å²) in [6, 6.07) is 4.63. The molecule has 0 aromatic heterocycles. The molecule has 0 radical (unpaired) electrons. The highest BCUT2D eigenvalue weighted by molar-refractivity contribution is 5.91. The molecule has 4 heteroatoms. The van der Waals surface area contributed by atoms with E-state index in [1.165, 1.54) is 45.3 Å². The van der Waals surface area contributed by atoms with Crippen molar-refractivity contribution in [3.8, 4) is 0 Å². The zero-order valence-electron chi connectivity index (χ0n) is 12.7. The SMILES string of the molecule is CC1(C)CCCCC1.COC(=O)c1ccc(N)c(N)c1. The summed E-state index contributed by atoms with van der Waals surface area (Å²) < 4.78 is 4.50. The number of anilines is 2. The largest absolute Gasteiger partial charge is 0.465 e. The first-order valence-corrected chi connectivity index (χ1v) is 7.09. The summed E-state index contributed by atoms with van der Waals surface area (Å²) >= 11 is 0. The maximum absolute atomic E-state index is 11.0. The summed E-state index contributed by atoms with van der Waals surface area (Å²) in [5.74, 6) is -0.415. The highest BCUT2D eigenvalue weighted by atomic mass is 16.5. The molecule has 0 aliphatic heterocycles. The van der Waals surface area contributed by atoms with Crippen LogP contribution < -0.4 is 11.5 Å². The minimum absolute atomic E-state index is 0.387. The van der Waals surface area contributed by atoms with Gasteiger partial charge in [0.1, 0.15) is 0 Å². The van der Waals surface area contributed by atoms with Gasteiger partial charge in [-0.05, 0) is 36.5 Å². The average Bonchev–Trinajstić information content (AvgIpc) is 2.41. The average molecular weight is 278 g/mol. The van der Waals surface area contributed by atoms with E-state index in [9.17, 15) is 4.79 Å². The van der Waals surface area contributed by atoms with Crippen molar-refractivity contribution in [3.05, 3.63) is 23.8 Å². The van der Waals surface area contributed by atoms with E-state index in [0.29, 0.717) is 22.4 Å². The Balaban J connectivity index is 0.000000217. The van der Waals surface area contributed by atoms with Crippen molar-refractivity contribution in [3.63, 3.8) is 0 Å². The van der Waals surface area contributed by atoms with E-state index in [2.05, 4.69) is 18.6 Å². The number of esters is 1. The summed E-state index contributed by atoms with van der Waals surface area (Å²) in [5, 5.41) is 0. The molecule has 112 valence electrons. The van der Waals surface area contributed by atoms with Gasteiger partial charge in [0.05, 0.1) is 24.0 Å². The first-order valence-electron chi connectivity index (χ1n) is 7.09. The van der Waals surface area contributed by atoms with Gasteiger partial charge in [0.25, 0.3) is 0 Å². The Kier molecular flexibility index (Phi) is 5.86. The number of nitrogen functional groups attached to an aromatic ring is 2. The number of methoxy groups -OCH3 is 1. The lowest BCUT2D eigenvalue weighted by Crippen LogP contribution is -2.14. The van der Waals surface area contributed by atoms with E-state index in [-0.39, 0.29) is 0 Å². The number of rotatable bonds is 1. The molecule has 0 amide bonds. The van der Waals surface area contributed by atoms with Crippen LogP contribution in [0.15, 0.2) is 18.2 Å². The first kappa shape index (κ1) is 16.3. The molecular weight excluding hydrogens is 252 g/mol. The molecule has 1 aliphatic rings. The third kappa shape index (κ3) is 5.11. The van der Waals surface area contributed by atoms with Gasteiger partial charge in [-0.25, -0.2) is 4.79 Å². The highest BCUT2D eigenvalue weighted by Crippen LogP contribution is 2.34. The fraction of sp³-hybridized carbons (Fsp3) is 0.562. The van der Waals surface area contributed by atoms with Crippen LogP contribution in [0.1, 0.15) is 56.3 Å². The molecule has 0 unspecified atom stereocenters. The van der Waals surface area contributed by atoms with Crippen LogP contribution in [0.4, 0.5) is 11.4 Å². The normalized spacial score (nSPS) is 16.8. The van der Waals surface area contributed by atoms with E-state index in [0.717, 1.165) is 0 Å². The van der Waals surface area contributed by atoms with Gasteiger partial charge in [-0.3, -0.25) is 0 Å². The number of benzene rings is 1. The van der Waals surface area contributed by atoms with Crippen molar-refractivity contribution in [2.75, 3.05) is 18.6 Å². The third-order valence-corrected chi connectivity index (χ3v) is 3.71. The molecule has 0 spiro atoms. The molecular formula is C16H26N2O2. The molecule has 0 atom stereocenters. The predicted octanol–water partition coefficient (Wildman–Crippen LogP) is 3.61. The van der Waals surface area contributed by atoms with Crippen LogP contribution in [0, 0.1) is 5.41 Å². The minimum atomic E-state index is -0.415. The second-order valence-corrected chi connectivity index (χ2v) is 6.06. The van der Waals surface area contributed by atoms with Crippen LogP contribution in [0.25, 0.3) is 0 Å². The summed E-state index contributed by atoms with van der Waals surface area (Å²) in [7, 11) is 1.31. The van der Waals surface area contributed by atoms with Crippen LogP contribution in [-0.2, 0) is 4.74 Å². The second-order valence-electron chi connectivity index (χ2n) is 6.06. The lowest BCUT2D eigenvalue weighted by Gasteiger charge is -2.28. The van der Waals surface area contributed by atoms with Crippen molar-refractivity contribution in [1.82, 2.24) is 0 Å². The summed E-state index contributed by atoms with van der Waals surface area (Å²) in [4.78, 5) is 11.0. The Morgan fingerprint density at radius 2 is 1.70 bits per heavy atom. The van der Waals surface area contributed by atoms with E-state index >= 15 is 0 Å². The Hall–Kier alpha value is -1.71. The van der Waals surface area contributed by atoms with Crippen LogP contribution in [0.2, 0.25) is 0 Å². The van der Waals surface area contributed by atoms with E-state index in [4.69, 9.17) is 11.5 Å². The predicted molar refractivity (Wildman–Crippen MR) is 83.5 cm³/mol. The van der Waals surface area contributed by atoms with E-state index in [1.807, 2.05) is 0 Å². The van der Waals surface area contributed by atoms with E-state index < -0.39 is 5.97 Å². The van der Waals surface area contributed by atoms with Crippen molar-refractivity contribution in [2.24, 2.45) is 5.41 Å². The quantitative estimate of drug-likeness (QED) is 0.607. The molecule has 2 rings (SSSR count). The standard InChI is InChI=1S/C8H10N2O2.C8H16/c1-12-8(11)5-2-3-6(9)7(10)4-5;1-8(2)6-4-3-5-7-8/h2-4H,9-10H2,1H3;3-7H2,1-2H3. The van der Waals surface area contributed by atoms with E-state index in [1.54, 1.807) is 12.1 Å². The van der Waals surface area contributed by atoms with Gasteiger partial charge >= 0.3 is 5.97 Å². The van der Waals surface area contributed by atoms with Crippen molar-refractivity contribution < 1.29 is 9.53 Å². The number of hydrogen-bond acceptors (Lipinski definition) is 4. The number of nitrogens with two attached hydrogens (primary N) is 2. The molecule has 4 nitrogen and oxygen atoms in total. The van der Waals surface area contributed by atoms with Crippen molar-refractivity contribution in [2.45, 2.75) is 46.0 Å². The Morgan fingerprint density at radius 3 is 2.10 bits per heavy atom. The first-order chi connectivity index (χ1) is 9.35. The monoisotopic (exact) mass is 278 g/mol. The lowest BCUT2D eigenvalue weighted by molar-refractivity contribution is 0.0601. The maximum atomic E-state index is 11.0. The molecule has 0 saturated heterocycles. The van der Waals surface area contributed by atoms with Crippen molar-refractivity contribution >= 4 is 17.3 Å². The topological polar surface area (TPSA) is 78.3 Å². The van der Waals surface area contributed by atoms with Gasteiger partial charge in [0, 0.05) is 0 Å². The molecule has 1 fully saturated rings. The molecule has 4 N–H and O–H groups in total. The van der Waals surface area contributed by atoms with Crippen LogP contribution in [0.3, 0.4) is 0 Å². The fourth-order valence-electron chi connectivity index (χ4n) is 2.33. The van der Waals surface area contributed by atoms with Gasteiger partial charge in [0.15, 0.2) is 0 Å². The van der Waals surface area contributed by atoms with Gasteiger partial charge < -0.3 is 16.2 Å². The Labute approximate surface area is 121 Å². The van der Waals surface area contributed by atoms with Gasteiger partial charge in [0.2, 0.25) is 0 Å². The van der Waals surface area contributed by atoms with Crippen LogP contribution in [0.5, 0.6) is 0 Å². The molecule has 1 aromatic carbocycles. The Bertz CT molecular complexity index is 448. The fourth-order valence-corrected chi connectivity index (χ4v) is 2.33. The molecule has 1 aromatic rings. The zero-order valence-corrected chi connectivity index (χ0v) is 12.7. The number of carbonyl (C=O) groups excluding carboxylic acids is 1. The third-order valence-electron chi connectivity index (χ3n) is 3.71. The van der Waals surface area contributed by atoms with Crippen molar-refractivity contribution in [1.29, 1.82) is 0 Å². The van der Waals surface area contributed by atoms with Gasteiger partial charge in [-0.1, -0.05) is 33.1 Å². The second kappa shape index (κ2) is 7.17. The molecule has 20 heavy (non-hydrogen) atoms. The van der Waals surface area contributed by atoms with Crippen LogP contribution >= 0.6 is 0 Å². The van der Waals surface area contributed by atoms with Crippen LogP contribution in [-0.4, -0.2) is 13.1 Å². The minimum Gasteiger partial charge on any atom is -0.465 e. The summed E-state index contributed by atoms with van der Waals surface area (Å²) in [6.45, 7) is 4.76.